The summed E-state index contributed by atoms with van der Waals surface area (Å²) >= 11 is 0. The molecule has 2 unspecified atom stereocenters. The second-order valence-corrected chi connectivity index (χ2v) is 8.21. The van der Waals surface area contributed by atoms with Gasteiger partial charge in [-0.1, -0.05) is 18.2 Å². The number of hydrogen-bond acceptors (Lipinski definition) is 4. The number of fused-ring (bicyclic) bond motifs is 1. The van der Waals surface area contributed by atoms with Gasteiger partial charge in [-0.3, -0.25) is 9.59 Å². The molecule has 0 aliphatic carbocycles. The molecule has 2 amide bonds. The molecule has 1 aromatic rings. The van der Waals surface area contributed by atoms with E-state index in [2.05, 4.69) is 37.5 Å². The molecule has 3 aliphatic heterocycles. The first-order valence-corrected chi connectivity index (χ1v) is 10.4. The van der Waals surface area contributed by atoms with E-state index in [4.69, 9.17) is 0 Å². The van der Waals surface area contributed by atoms with E-state index >= 15 is 0 Å². The number of carbonyl (C=O) groups is 2. The van der Waals surface area contributed by atoms with Gasteiger partial charge in [0.15, 0.2) is 0 Å². The van der Waals surface area contributed by atoms with Crippen molar-refractivity contribution in [1.29, 1.82) is 0 Å². The van der Waals surface area contributed by atoms with Crippen LogP contribution in [0.1, 0.15) is 54.8 Å². The van der Waals surface area contributed by atoms with E-state index in [9.17, 15) is 9.59 Å². The molecule has 2 fully saturated rings. The van der Waals surface area contributed by atoms with Crippen LogP contribution in [0.3, 0.4) is 0 Å². The lowest BCUT2D eigenvalue weighted by atomic mass is 9.97. The lowest BCUT2D eigenvalue weighted by Crippen LogP contribution is -2.48. The van der Waals surface area contributed by atoms with Crippen LogP contribution in [0.25, 0.3) is 0 Å². The van der Waals surface area contributed by atoms with Crippen LogP contribution in [0.15, 0.2) is 30.6 Å². The number of hydrazine groups is 1. The lowest BCUT2D eigenvalue weighted by Gasteiger charge is -2.32. The van der Waals surface area contributed by atoms with Crippen molar-refractivity contribution < 1.29 is 9.59 Å². The summed E-state index contributed by atoms with van der Waals surface area (Å²) in [7, 11) is 0. The summed E-state index contributed by atoms with van der Waals surface area (Å²) in [6.45, 7) is 6.41. The number of nitrogens with zero attached hydrogens (tertiary/aromatic N) is 3. The number of piperidine rings is 1. The number of hydrogen-bond donors (Lipinski definition) is 1. The summed E-state index contributed by atoms with van der Waals surface area (Å²) in [5.41, 5.74) is 7.21. The van der Waals surface area contributed by atoms with Crippen LogP contribution in [0, 0.1) is 13.8 Å². The summed E-state index contributed by atoms with van der Waals surface area (Å²) in [5.74, 6) is 0.244. The summed E-state index contributed by atoms with van der Waals surface area (Å²) in [6.07, 6.45) is 8.27. The minimum absolute atomic E-state index is 0.0766. The number of rotatable bonds is 4. The minimum Gasteiger partial charge on any atom is -0.343 e. The van der Waals surface area contributed by atoms with Gasteiger partial charge in [0.05, 0.1) is 6.04 Å². The molecule has 6 heteroatoms. The average molecular weight is 383 g/mol. The number of likely N-dealkylation sites (tertiary alicyclic amines) is 1. The molecule has 0 radical (unpaired) electrons. The highest BCUT2D eigenvalue weighted by molar-refractivity contribution is 5.85. The Hall–Kier alpha value is -2.34. The van der Waals surface area contributed by atoms with Gasteiger partial charge in [0.2, 0.25) is 5.91 Å². The quantitative estimate of drug-likeness (QED) is 0.870. The van der Waals surface area contributed by atoms with Gasteiger partial charge in [0, 0.05) is 38.5 Å². The van der Waals surface area contributed by atoms with Gasteiger partial charge in [-0.25, -0.2) is 5.43 Å². The van der Waals surface area contributed by atoms with Gasteiger partial charge in [-0.2, -0.15) is 0 Å². The third-order valence-corrected chi connectivity index (χ3v) is 6.28. The molecule has 2 atom stereocenters. The van der Waals surface area contributed by atoms with E-state index in [1.54, 1.807) is 11.1 Å². The molecule has 1 N–H and O–H groups in total. The normalized spacial score (nSPS) is 24.6. The smallest absolute Gasteiger partial charge is 0.250 e. The topological polar surface area (TPSA) is 55.9 Å². The van der Waals surface area contributed by atoms with Crippen molar-refractivity contribution in [3.05, 3.63) is 47.3 Å². The van der Waals surface area contributed by atoms with E-state index in [1.807, 2.05) is 16.1 Å². The van der Waals surface area contributed by atoms with Crippen LogP contribution in [-0.2, 0) is 9.59 Å². The number of amides is 2. The molecule has 150 valence electrons. The molecule has 0 spiro atoms. The molecular weight excluding hydrogens is 352 g/mol. The Bertz CT molecular complexity index is 785. The summed E-state index contributed by atoms with van der Waals surface area (Å²) < 4.78 is 0. The molecule has 4 rings (SSSR count). The van der Waals surface area contributed by atoms with Crippen molar-refractivity contribution >= 4 is 11.8 Å². The largest absolute Gasteiger partial charge is 0.343 e. The number of aryl methyl sites for hydroxylation is 2. The zero-order valence-corrected chi connectivity index (χ0v) is 16.9. The van der Waals surface area contributed by atoms with Crippen molar-refractivity contribution in [1.82, 2.24) is 20.2 Å². The van der Waals surface area contributed by atoms with Gasteiger partial charge >= 0.3 is 0 Å². The maximum Gasteiger partial charge on any atom is 0.250 e. The summed E-state index contributed by atoms with van der Waals surface area (Å²) in [4.78, 5) is 29.0. The van der Waals surface area contributed by atoms with E-state index in [0.717, 1.165) is 32.4 Å². The van der Waals surface area contributed by atoms with Crippen molar-refractivity contribution in [3.8, 4) is 0 Å². The van der Waals surface area contributed by atoms with E-state index < -0.39 is 0 Å². The SMILES string of the molecule is Cc1ccc(C2CC3C(=O)N(CCC(=O)N4CCCCC4)C=CN3N2)cc1C. The van der Waals surface area contributed by atoms with Crippen LogP contribution in [-0.4, -0.2) is 52.3 Å². The molecule has 0 bridgehead atoms. The van der Waals surface area contributed by atoms with E-state index in [-0.39, 0.29) is 23.9 Å². The molecule has 2 saturated heterocycles. The van der Waals surface area contributed by atoms with Crippen molar-refractivity contribution in [2.24, 2.45) is 0 Å². The van der Waals surface area contributed by atoms with E-state index in [1.165, 1.54) is 23.1 Å². The lowest BCUT2D eigenvalue weighted by molar-refractivity contribution is -0.136. The molecule has 0 saturated carbocycles. The maximum absolute atomic E-state index is 13.0. The zero-order chi connectivity index (χ0) is 19.7. The van der Waals surface area contributed by atoms with Gasteiger partial charge in [0.25, 0.3) is 5.91 Å². The van der Waals surface area contributed by atoms with Crippen LogP contribution >= 0.6 is 0 Å². The monoisotopic (exact) mass is 382 g/mol. The highest BCUT2D eigenvalue weighted by Gasteiger charge is 2.40. The fourth-order valence-corrected chi connectivity index (χ4v) is 4.34. The Morgan fingerprint density at radius 2 is 1.89 bits per heavy atom. The first-order valence-electron chi connectivity index (χ1n) is 10.4. The van der Waals surface area contributed by atoms with Crippen molar-refractivity contribution in [2.75, 3.05) is 19.6 Å². The van der Waals surface area contributed by atoms with Gasteiger partial charge in [0.1, 0.15) is 6.04 Å². The second-order valence-electron chi connectivity index (χ2n) is 8.21. The molecule has 1 aromatic carbocycles. The van der Waals surface area contributed by atoms with Crippen molar-refractivity contribution in [2.45, 2.75) is 58.0 Å². The van der Waals surface area contributed by atoms with Crippen molar-refractivity contribution in [3.63, 3.8) is 0 Å². The molecule has 3 heterocycles. The fourth-order valence-electron chi connectivity index (χ4n) is 4.34. The van der Waals surface area contributed by atoms with Crippen LogP contribution in [0.4, 0.5) is 0 Å². The zero-order valence-electron chi connectivity index (χ0n) is 16.9. The Morgan fingerprint density at radius 1 is 1.11 bits per heavy atom. The molecule has 0 aromatic heterocycles. The van der Waals surface area contributed by atoms with E-state index in [0.29, 0.717) is 13.0 Å². The molecule has 3 aliphatic rings. The van der Waals surface area contributed by atoms with Gasteiger partial charge in [-0.15, -0.1) is 0 Å². The summed E-state index contributed by atoms with van der Waals surface area (Å²) in [6, 6.07) is 6.41. The Morgan fingerprint density at radius 3 is 2.64 bits per heavy atom. The third kappa shape index (κ3) is 3.78. The van der Waals surface area contributed by atoms with Gasteiger partial charge < -0.3 is 14.8 Å². The van der Waals surface area contributed by atoms with Crippen LogP contribution < -0.4 is 5.43 Å². The van der Waals surface area contributed by atoms with Crippen LogP contribution in [0.5, 0.6) is 0 Å². The standard InChI is InChI=1S/C22H30N4O2/c1-16-6-7-18(14-17(16)2)19-15-20-22(28)25(12-13-26(20)23-19)11-8-21(27)24-9-4-3-5-10-24/h6-7,12-14,19-20,23H,3-5,8-11,15H2,1-2H3. The first kappa shape index (κ1) is 19.0. The highest BCUT2D eigenvalue weighted by Crippen LogP contribution is 2.31. The predicted octanol–water partition coefficient (Wildman–Crippen LogP) is 2.64. The predicted molar refractivity (Wildman–Crippen MR) is 108 cm³/mol. The number of benzene rings is 1. The second kappa shape index (κ2) is 7.95. The highest BCUT2D eigenvalue weighted by atomic mass is 16.2. The van der Waals surface area contributed by atoms with Crippen LogP contribution in [0.2, 0.25) is 0 Å². The average Bonchev–Trinajstić information content (AvgIpc) is 3.15. The molecule has 6 nitrogen and oxygen atoms in total. The molecule has 28 heavy (non-hydrogen) atoms. The number of carbonyl (C=O) groups excluding carboxylic acids is 2. The Balaban J connectivity index is 1.36. The molecular formula is C22H30N4O2. The fraction of sp³-hybridized carbons (Fsp3) is 0.545. The Kier molecular flexibility index (Phi) is 5.40. The third-order valence-electron chi connectivity index (χ3n) is 6.28. The first-order chi connectivity index (χ1) is 13.5. The minimum atomic E-state index is -0.207. The maximum atomic E-state index is 13.0. The Labute approximate surface area is 167 Å². The summed E-state index contributed by atoms with van der Waals surface area (Å²) in [5, 5.41) is 1.92. The number of nitrogens with one attached hydrogen (secondary N) is 1. The van der Waals surface area contributed by atoms with Gasteiger partial charge in [-0.05, 0) is 56.2 Å².